The lowest BCUT2D eigenvalue weighted by atomic mass is 10.3. The van der Waals surface area contributed by atoms with E-state index in [1.807, 2.05) is 13.0 Å². The second-order valence-corrected chi connectivity index (χ2v) is 4.26. The highest BCUT2D eigenvalue weighted by Crippen LogP contribution is 2.26. The van der Waals surface area contributed by atoms with Gasteiger partial charge in [0.2, 0.25) is 5.88 Å². The molecule has 0 atom stereocenters. The summed E-state index contributed by atoms with van der Waals surface area (Å²) in [6.07, 6.45) is 4.99. The van der Waals surface area contributed by atoms with Gasteiger partial charge in [-0.15, -0.1) is 0 Å². The number of anilines is 1. The Hall–Kier alpha value is -1.62. The van der Waals surface area contributed by atoms with E-state index in [9.17, 15) is 0 Å². The molecule has 82 valence electrons. The van der Waals surface area contributed by atoms with E-state index >= 15 is 0 Å². The van der Waals surface area contributed by atoms with Crippen molar-refractivity contribution in [3.63, 3.8) is 0 Å². The number of pyridine rings is 2. The van der Waals surface area contributed by atoms with Gasteiger partial charge in [-0.2, -0.15) is 0 Å². The highest BCUT2D eigenvalue weighted by Gasteiger charge is 2.04. The lowest BCUT2D eigenvalue weighted by molar-refractivity contribution is 0.463. The van der Waals surface area contributed by atoms with E-state index in [0.717, 1.165) is 10.0 Å². The van der Waals surface area contributed by atoms with Crippen molar-refractivity contribution in [2.75, 3.05) is 5.73 Å². The van der Waals surface area contributed by atoms with Crippen LogP contribution in [0.1, 0.15) is 5.56 Å². The third-order valence-corrected chi connectivity index (χ3v) is 2.34. The minimum absolute atomic E-state index is 0.394. The molecule has 0 bridgehead atoms. The normalized spacial score (nSPS) is 10.1. The summed E-state index contributed by atoms with van der Waals surface area (Å²) < 4.78 is 6.36. The molecule has 4 nitrogen and oxygen atoms in total. The van der Waals surface area contributed by atoms with Gasteiger partial charge in [0, 0.05) is 16.9 Å². The molecule has 0 unspecified atom stereocenters. The zero-order valence-corrected chi connectivity index (χ0v) is 10.2. The third-order valence-electron chi connectivity index (χ3n) is 1.91. The molecule has 2 N–H and O–H groups in total. The summed E-state index contributed by atoms with van der Waals surface area (Å²) in [6, 6.07) is 3.61. The number of ether oxygens (including phenoxy) is 1. The van der Waals surface area contributed by atoms with Crippen molar-refractivity contribution in [1.82, 2.24) is 9.97 Å². The van der Waals surface area contributed by atoms with Gasteiger partial charge in [-0.25, -0.2) is 4.98 Å². The van der Waals surface area contributed by atoms with Crippen LogP contribution >= 0.6 is 15.9 Å². The largest absolute Gasteiger partial charge is 0.435 e. The second-order valence-electron chi connectivity index (χ2n) is 3.35. The molecular weight excluding hydrogens is 270 g/mol. The molecule has 0 saturated heterocycles. The first-order valence-electron chi connectivity index (χ1n) is 4.65. The van der Waals surface area contributed by atoms with E-state index in [2.05, 4.69) is 25.9 Å². The molecule has 2 rings (SSSR count). The summed E-state index contributed by atoms with van der Waals surface area (Å²) in [5, 5.41) is 0. The van der Waals surface area contributed by atoms with Crippen LogP contribution in [0.5, 0.6) is 11.6 Å². The molecule has 2 aromatic rings. The molecule has 0 aliphatic carbocycles. The number of hydrogen-bond acceptors (Lipinski definition) is 4. The first kappa shape index (κ1) is 10.9. The summed E-state index contributed by atoms with van der Waals surface area (Å²) in [7, 11) is 0. The fraction of sp³-hybridized carbons (Fsp3) is 0.0909. The maximum atomic E-state index is 5.79. The number of hydrogen-bond donors (Lipinski definition) is 1. The van der Waals surface area contributed by atoms with Crippen LogP contribution in [0.3, 0.4) is 0 Å². The molecule has 2 aromatic heterocycles. The van der Waals surface area contributed by atoms with Gasteiger partial charge in [-0.1, -0.05) is 0 Å². The van der Waals surface area contributed by atoms with Crippen molar-refractivity contribution in [1.29, 1.82) is 0 Å². The zero-order valence-electron chi connectivity index (χ0n) is 8.64. The fourth-order valence-corrected chi connectivity index (χ4v) is 1.57. The molecule has 0 fully saturated rings. The number of nitrogens with two attached hydrogens (primary N) is 1. The zero-order chi connectivity index (χ0) is 11.5. The molecule has 5 heteroatoms. The van der Waals surface area contributed by atoms with E-state index in [1.54, 1.807) is 24.7 Å². The number of aryl methyl sites for hydroxylation is 1. The van der Waals surface area contributed by atoms with E-state index < -0.39 is 0 Å². The number of halogens is 1. The van der Waals surface area contributed by atoms with E-state index in [4.69, 9.17) is 10.5 Å². The Kier molecular flexibility index (Phi) is 3.05. The Morgan fingerprint density at radius 1 is 1.25 bits per heavy atom. The Morgan fingerprint density at radius 3 is 2.75 bits per heavy atom. The molecule has 0 aliphatic heterocycles. The summed E-state index contributed by atoms with van der Waals surface area (Å²) in [5.74, 6) is 0.989. The standard InChI is InChI=1S/C11H10BrN3O/c1-7-2-10(13)11(15-4-7)16-9-3-8(12)5-14-6-9/h2-6H,13H2,1H3. The van der Waals surface area contributed by atoms with Crippen molar-refractivity contribution in [2.45, 2.75) is 6.92 Å². The summed E-state index contributed by atoms with van der Waals surface area (Å²) in [4.78, 5) is 8.10. The van der Waals surface area contributed by atoms with Crippen LogP contribution in [0.4, 0.5) is 5.69 Å². The Balaban J connectivity index is 2.27. The van der Waals surface area contributed by atoms with Gasteiger partial charge in [0.25, 0.3) is 0 Å². The minimum Gasteiger partial charge on any atom is -0.435 e. The summed E-state index contributed by atoms with van der Waals surface area (Å²) in [6.45, 7) is 1.92. The fourth-order valence-electron chi connectivity index (χ4n) is 1.22. The van der Waals surface area contributed by atoms with E-state index in [0.29, 0.717) is 17.3 Å². The molecule has 0 aromatic carbocycles. The highest BCUT2D eigenvalue weighted by atomic mass is 79.9. The molecule has 0 amide bonds. The van der Waals surface area contributed by atoms with Gasteiger partial charge >= 0.3 is 0 Å². The van der Waals surface area contributed by atoms with Crippen molar-refractivity contribution < 1.29 is 4.74 Å². The van der Waals surface area contributed by atoms with E-state index in [-0.39, 0.29) is 0 Å². The van der Waals surface area contributed by atoms with Gasteiger partial charge in [0.15, 0.2) is 0 Å². The van der Waals surface area contributed by atoms with Crippen LogP contribution in [0.15, 0.2) is 35.2 Å². The molecule has 0 aliphatic rings. The quantitative estimate of drug-likeness (QED) is 0.918. The van der Waals surface area contributed by atoms with Gasteiger partial charge in [0.05, 0.1) is 11.9 Å². The summed E-state index contributed by atoms with van der Waals surface area (Å²) in [5.41, 5.74) is 7.30. The third kappa shape index (κ3) is 2.49. The molecule has 16 heavy (non-hydrogen) atoms. The average Bonchev–Trinajstić information content (AvgIpc) is 2.22. The van der Waals surface area contributed by atoms with Gasteiger partial charge in [-0.3, -0.25) is 4.98 Å². The lowest BCUT2D eigenvalue weighted by Gasteiger charge is -2.07. The number of nitrogen functional groups attached to an aromatic ring is 1. The SMILES string of the molecule is Cc1cnc(Oc2cncc(Br)c2)c(N)c1. The van der Waals surface area contributed by atoms with Gasteiger partial charge < -0.3 is 10.5 Å². The van der Waals surface area contributed by atoms with Crippen molar-refractivity contribution in [3.05, 3.63) is 40.8 Å². The average molecular weight is 280 g/mol. The van der Waals surface area contributed by atoms with Gasteiger partial charge in [-0.05, 0) is 40.5 Å². The first-order chi connectivity index (χ1) is 7.65. The Bertz CT molecular complexity index is 516. The van der Waals surface area contributed by atoms with Crippen molar-refractivity contribution >= 4 is 21.6 Å². The maximum Gasteiger partial charge on any atom is 0.242 e. The maximum absolute atomic E-state index is 5.79. The first-order valence-corrected chi connectivity index (χ1v) is 5.45. The molecule has 0 radical (unpaired) electrons. The molecule has 2 heterocycles. The molecule has 0 saturated carbocycles. The van der Waals surface area contributed by atoms with Crippen LogP contribution in [0.25, 0.3) is 0 Å². The smallest absolute Gasteiger partial charge is 0.242 e. The lowest BCUT2D eigenvalue weighted by Crippen LogP contribution is -1.95. The number of aromatic nitrogens is 2. The van der Waals surface area contributed by atoms with Gasteiger partial charge in [0.1, 0.15) is 5.75 Å². The predicted molar refractivity (Wildman–Crippen MR) is 65.4 cm³/mol. The van der Waals surface area contributed by atoms with Crippen LogP contribution in [-0.2, 0) is 0 Å². The molecular formula is C11H10BrN3O. The van der Waals surface area contributed by atoms with Crippen LogP contribution in [0, 0.1) is 6.92 Å². The monoisotopic (exact) mass is 279 g/mol. The number of rotatable bonds is 2. The minimum atomic E-state index is 0.394. The summed E-state index contributed by atoms with van der Waals surface area (Å²) >= 11 is 3.31. The second kappa shape index (κ2) is 4.49. The Morgan fingerprint density at radius 2 is 2.06 bits per heavy atom. The van der Waals surface area contributed by atoms with Crippen molar-refractivity contribution in [3.8, 4) is 11.6 Å². The van der Waals surface area contributed by atoms with Crippen LogP contribution in [0.2, 0.25) is 0 Å². The van der Waals surface area contributed by atoms with Crippen molar-refractivity contribution in [2.24, 2.45) is 0 Å². The molecule has 0 spiro atoms. The predicted octanol–water partition coefficient (Wildman–Crippen LogP) is 2.92. The van der Waals surface area contributed by atoms with Crippen LogP contribution < -0.4 is 10.5 Å². The Labute approximate surface area is 102 Å². The van der Waals surface area contributed by atoms with Crippen LogP contribution in [-0.4, -0.2) is 9.97 Å². The van der Waals surface area contributed by atoms with E-state index in [1.165, 1.54) is 0 Å². The number of nitrogens with zero attached hydrogens (tertiary/aromatic N) is 2. The topological polar surface area (TPSA) is 61.0 Å². The highest BCUT2D eigenvalue weighted by molar-refractivity contribution is 9.10.